The molecule has 0 fully saturated rings. The summed E-state index contributed by atoms with van der Waals surface area (Å²) >= 11 is 0. The Bertz CT molecular complexity index is 132. The van der Waals surface area contributed by atoms with Gasteiger partial charge in [0.1, 0.15) is 0 Å². The molecule has 0 radical (unpaired) electrons. The lowest BCUT2D eigenvalue weighted by Gasteiger charge is -2.34. The second-order valence-electron chi connectivity index (χ2n) is 3.82. The average Bonchev–Trinajstić information content (AvgIpc) is 2.05. The van der Waals surface area contributed by atoms with Gasteiger partial charge in [0.25, 0.3) is 0 Å². The van der Waals surface area contributed by atoms with E-state index < -0.39 is 0 Å². The molecule has 0 saturated heterocycles. The third-order valence-corrected chi connectivity index (χ3v) is 2.52. The molecule has 0 atom stereocenters. The van der Waals surface area contributed by atoms with Gasteiger partial charge in [0.15, 0.2) is 0 Å². The highest BCUT2D eigenvalue weighted by atomic mass is 16.1. The molecule has 0 rings (SSSR count). The Morgan fingerprint density at radius 2 is 1.92 bits per heavy atom. The standard InChI is InChI=1S/C10H21NO/c1-5-7-8-11(9-12)10(3,4)6-2/h9H,5-8H2,1-4H3. The SMILES string of the molecule is CCCCN(C=O)C(C)(C)CC. The van der Waals surface area contributed by atoms with Crippen molar-refractivity contribution in [1.29, 1.82) is 0 Å². The lowest BCUT2D eigenvalue weighted by Crippen LogP contribution is -2.42. The maximum Gasteiger partial charge on any atom is 0.210 e. The summed E-state index contributed by atoms with van der Waals surface area (Å²) in [5, 5.41) is 0. The summed E-state index contributed by atoms with van der Waals surface area (Å²) in [5.74, 6) is 0. The zero-order valence-corrected chi connectivity index (χ0v) is 8.76. The number of carbonyl (C=O) groups is 1. The van der Waals surface area contributed by atoms with Crippen LogP contribution < -0.4 is 0 Å². The molecule has 0 spiro atoms. The number of hydrogen-bond donors (Lipinski definition) is 0. The van der Waals surface area contributed by atoms with Gasteiger partial charge in [-0.2, -0.15) is 0 Å². The predicted molar refractivity (Wildman–Crippen MR) is 52.0 cm³/mol. The third-order valence-electron chi connectivity index (χ3n) is 2.52. The summed E-state index contributed by atoms with van der Waals surface area (Å²) in [5.41, 5.74) is 0.0247. The summed E-state index contributed by atoms with van der Waals surface area (Å²) in [4.78, 5) is 12.6. The lowest BCUT2D eigenvalue weighted by molar-refractivity contribution is -0.123. The van der Waals surface area contributed by atoms with Gasteiger partial charge in [0.05, 0.1) is 0 Å². The molecule has 0 aromatic heterocycles. The maximum atomic E-state index is 10.7. The normalized spacial score (nSPS) is 11.3. The van der Waals surface area contributed by atoms with E-state index in [0.29, 0.717) is 0 Å². The van der Waals surface area contributed by atoms with Crippen LogP contribution in [0.3, 0.4) is 0 Å². The van der Waals surface area contributed by atoms with E-state index in [9.17, 15) is 4.79 Å². The Morgan fingerprint density at radius 1 is 1.33 bits per heavy atom. The number of carbonyl (C=O) groups excluding carboxylic acids is 1. The van der Waals surface area contributed by atoms with Crippen molar-refractivity contribution < 1.29 is 4.79 Å². The molecule has 1 amide bonds. The molecule has 0 aliphatic heterocycles. The number of rotatable bonds is 6. The Balaban J connectivity index is 4.04. The second kappa shape index (κ2) is 5.18. The van der Waals surface area contributed by atoms with E-state index in [-0.39, 0.29) is 5.54 Å². The van der Waals surface area contributed by atoms with Crippen LogP contribution in [0, 0.1) is 0 Å². The molecule has 2 heteroatoms. The van der Waals surface area contributed by atoms with Crippen molar-refractivity contribution in [3.63, 3.8) is 0 Å². The molecular weight excluding hydrogens is 150 g/mol. The summed E-state index contributed by atoms with van der Waals surface area (Å²) in [6.07, 6.45) is 4.22. The lowest BCUT2D eigenvalue weighted by atomic mass is 10.00. The van der Waals surface area contributed by atoms with E-state index in [2.05, 4.69) is 27.7 Å². The Kier molecular flexibility index (Phi) is 4.95. The van der Waals surface area contributed by atoms with Crippen LogP contribution in [0.25, 0.3) is 0 Å². The first-order chi connectivity index (χ1) is 5.58. The van der Waals surface area contributed by atoms with E-state index in [1.54, 1.807) is 0 Å². The van der Waals surface area contributed by atoms with Crippen LogP contribution in [-0.4, -0.2) is 23.4 Å². The second-order valence-corrected chi connectivity index (χ2v) is 3.82. The predicted octanol–water partition coefficient (Wildman–Crippen LogP) is 2.43. The van der Waals surface area contributed by atoms with E-state index >= 15 is 0 Å². The zero-order chi connectivity index (χ0) is 9.61. The van der Waals surface area contributed by atoms with Crippen molar-refractivity contribution >= 4 is 6.41 Å². The molecule has 2 nitrogen and oxygen atoms in total. The zero-order valence-electron chi connectivity index (χ0n) is 8.76. The molecule has 0 aliphatic rings. The van der Waals surface area contributed by atoms with Crippen molar-refractivity contribution in [1.82, 2.24) is 4.90 Å². The molecule has 0 bridgehead atoms. The van der Waals surface area contributed by atoms with E-state index in [1.807, 2.05) is 4.90 Å². The molecule has 0 unspecified atom stereocenters. The van der Waals surface area contributed by atoms with Gasteiger partial charge in [-0.25, -0.2) is 0 Å². The Hall–Kier alpha value is -0.530. The van der Waals surface area contributed by atoms with Crippen molar-refractivity contribution in [2.45, 2.75) is 52.5 Å². The van der Waals surface area contributed by atoms with E-state index in [0.717, 1.165) is 32.2 Å². The van der Waals surface area contributed by atoms with Gasteiger partial charge in [-0.3, -0.25) is 4.79 Å². The summed E-state index contributed by atoms with van der Waals surface area (Å²) in [7, 11) is 0. The van der Waals surface area contributed by atoms with Crippen molar-refractivity contribution in [2.24, 2.45) is 0 Å². The van der Waals surface area contributed by atoms with E-state index in [4.69, 9.17) is 0 Å². The minimum atomic E-state index is 0.0247. The highest BCUT2D eigenvalue weighted by molar-refractivity contribution is 5.48. The maximum absolute atomic E-state index is 10.7. The van der Waals surface area contributed by atoms with Crippen LogP contribution >= 0.6 is 0 Å². The quantitative estimate of drug-likeness (QED) is 0.562. The molecule has 0 aromatic rings. The molecule has 0 N–H and O–H groups in total. The van der Waals surface area contributed by atoms with Gasteiger partial charge in [0.2, 0.25) is 6.41 Å². The largest absolute Gasteiger partial charge is 0.340 e. The number of hydrogen-bond acceptors (Lipinski definition) is 1. The molecular formula is C10H21NO. The molecule has 0 aliphatic carbocycles. The summed E-state index contributed by atoms with van der Waals surface area (Å²) < 4.78 is 0. The number of nitrogens with zero attached hydrogens (tertiary/aromatic N) is 1. The fourth-order valence-electron chi connectivity index (χ4n) is 1.03. The Labute approximate surface area is 75.9 Å². The van der Waals surface area contributed by atoms with Gasteiger partial charge in [-0.1, -0.05) is 20.3 Å². The van der Waals surface area contributed by atoms with Gasteiger partial charge in [0, 0.05) is 12.1 Å². The highest BCUT2D eigenvalue weighted by Gasteiger charge is 2.22. The minimum Gasteiger partial charge on any atom is -0.340 e. The molecule has 72 valence electrons. The first kappa shape index (κ1) is 11.5. The summed E-state index contributed by atoms with van der Waals surface area (Å²) in [6.45, 7) is 9.36. The van der Waals surface area contributed by atoms with Crippen molar-refractivity contribution in [3.8, 4) is 0 Å². The van der Waals surface area contributed by atoms with Crippen LogP contribution in [-0.2, 0) is 4.79 Å². The highest BCUT2D eigenvalue weighted by Crippen LogP contribution is 2.16. The Morgan fingerprint density at radius 3 is 2.25 bits per heavy atom. The van der Waals surface area contributed by atoms with Crippen LogP contribution in [0.4, 0.5) is 0 Å². The molecule has 0 aromatic carbocycles. The number of unbranched alkanes of at least 4 members (excludes halogenated alkanes) is 1. The van der Waals surface area contributed by atoms with Gasteiger partial charge in [-0.05, 0) is 26.7 Å². The van der Waals surface area contributed by atoms with Crippen LogP contribution in [0.2, 0.25) is 0 Å². The topological polar surface area (TPSA) is 20.3 Å². The first-order valence-electron chi connectivity index (χ1n) is 4.80. The number of amides is 1. The van der Waals surface area contributed by atoms with Gasteiger partial charge in [-0.15, -0.1) is 0 Å². The molecule has 0 heterocycles. The van der Waals surface area contributed by atoms with Crippen molar-refractivity contribution in [2.75, 3.05) is 6.54 Å². The molecule has 0 saturated carbocycles. The van der Waals surface area contributed by atoms with Crippen LogP contribution in [0.1, 0.15) is 47.0 Å². The molecule has 12 heavy (non-hydrogen) atoms. The fraction of sp³-hybridized carbons (Fsp3) is 0.900. The fourth-order valence-corrected chi connectivity index (χ4v) is 1.03. The minimum absolute atomic E-state index is 0.0247. The van der Waals surface area contributed by atoms with Gasteiger partial charge < -0.3 is 4.90 Å². The van der Waals surface area contributed by atoms with Crippen molar-refractivity contribution in [3.05, 3.63) is 0 Å². The van der Waals surface area contributed by atoms with Crippen LogP contribution in [0.5, 0.6) is 0 Å². The summed E-state index contributed by atoms with van der Waals surface area (Å²) in [6, 6.07) is 0. The smallest absolute Gasteiger partial charge is 0.210 e. The first-order valence-corrected chi connectivity index (χ1v) is 4.80. The average molecular weight is 171 g/mol. The van der Waals surface area contributed by atoms with Crippen LogP contribution in [0.15, 0.2) is 0 Å². The van der Waals surface area contributed by atoms with E-state index in [1.165, 1.54) is 0 Å². The third kappa shape index (κ3) is 3.24. The monoisotopic (exact) mass is 171 g/mol. The van der Waals surface area contributed by atoms with Gasteiger partial charge >= 0.3 is 0 Å².